The molecule has 58 heavy (non-hydrogen) atoms. The Morgan fingerprint density at radius 3 is 0.759 bits per heavy atom. The topological polar surface area (TPSA) is 69.2 Å². The van der Waals surface area contributed by atoms with Crippen LogP contribution in [0.4, 0.5) is 0 Å². The van der Waals surface area contributed by atoms with Gasteiger partial charge in [0.25, 0.3) is 0 Å². The number of hydrogen-bond acceptors (Lipinski definition) is 4. The van der Waals surface area contributed by atoms with Crippen molar-refractivity contribution in [1.29, 1.82) is 0 Å². The van der Waals surface area contributed by atoms with Gasteiger partial charge in [-0.05, 0) is 46.2 Å². The smallest absolute Gasteiger partial charge is 0.182 e. The summed E-state index contributed by atoms with van der Waals surface area (Å²) in [7, 11) is 0. The largest absolute Gasteiger partial charge is 0.288 e. The summed E-state index contributed by atoms with van der Waals surface area (Å²) in [5.74, 6) is 0. The molecule has 11 rings (SSSR count). The molecule has 8 heteroatoms. The number of nitrogens with zero attached hydrogens (tertiary/aromatic N) is 8. The zero-order chi connectivity index (χ0) is 39.5. The van der Waals surface area contributed by atoms with E-state index in [-0.39, 0.29) is 10.8 Å². The fourth-order valence-corrected chi connectivity index (χ4v) is 8.61. The van der Waals surface area contributed by atoms with Gasteiger partial charge in [0.2, 0.25) is 0 Å². The number of imidazole rings is 4. The molecule has 0 N–H and O–H groups in total. The number of para-hydroxylation sites is 4. The van der Waals surface area contributed by atoms with E-state index in [1.807, 2.05) is 24.8 Å². The molecule has 0 amide bonds. The zero-order valence-corrected chi connectivity index (χ0v) is 33.4. The fourth-order valence-electron chi connectivity index (χ4n) is 8.61. The summed E-state index contributed by atoms with van der Waals surface area (Å²) in [5, 5.41) is 0. The maximum Gasteiger partial charge on any atom is 0.182 e. The van der Waals surface area contributed by atoms with Gasteiger partial charge in [0.05, 0.1) is 69.6 Å². The Labute approximate surface area is 335 Å². The predicted octanol–water partition coefficient (Wildman–Crippen LogP) is 11.8. The highest BCUT2D eigenvalue weighted by Crippen LogP contribution is 2.36. The van der Waals surface area contributed by atoms with Crippen LogP contribution in [-0.4, -0.2) is 37.5 Å². The van der Waals surface area contributed by atoms with Crippen LogP contribution in [0.15, 0.2) is 146 Å². The molecule has 11 aromatic rings. The van der Waals surface area contributed by atoms with Crippen molar-refractivity contribution in [3.8, 4) is 45.0 Å². The first-order valence-electron chi connectivity index (χ1n) is 19.9. The van der Waals surface area contributed by atoms with E-state index < -0.39 is 0 Å². The summed E-state index contributed by atoms with van der Waals surface area (Å²) in [6.07, 6.45) is 7.88. The number of benzene rings is 5. The highest BCUT2D eigenvalue weighted by molar-refractivity contribution is 5.93. The van der Waals surface area contributed by atoms with Crippen molar-refractivity contribution < 1.29 is 0 Å². The van der Waals surface area contributed by atoms with E-state index in [1.165, 1.54) is 11.1 Å². The van der Waals surface area contributed by atoms with E-state index in [1.54, 1.807) is 0 Å². The van der Waals surface area contributed by atoms with E-state index in [9.17, 15) is 0 Å². The van der Waals surface area contributed by atoms with Crippen molar-refractivity contribution in [3.63, 3.8) is 0 Å². The van der Waals surface area contributed by atoms with E-state index >= 15 is 0 Å². The summed E-state index contributed by atoms with van der Waals surface area (Å²) in [6, 6.07) is 43.5. The molecule has 282 valence electrons. The quantitative estimate of drug-likeness (QED) is 0.179. The molecule has 6 aromatic heterocycles. The van der Waals surface area contributed by atoms with Crippen LogP contribution in [0.25, 0.3) is 89.7 Å². The first-order valence-corrected chi connectivity index (χ1v) is 19.9. The van der Waals surface area contributed by atoms with Crippen LogP contribution in [0, 0.1) is 0 Å². The molecular weight excluding hydrogens is 713 g/mol. The van der Waals surface area contributed by atoms with Crippen LogP contribution in [0.5, 0.6) is 0 Å². The van der Waals surface area contributed by atoms with E-state index in [0.29, 0.717) is 0 Å². The molecule has 0 spiro atoms. The third-order valence-electron chi connectivity index (χ3n) is 11.7. The number of hydrogen-bond donors (Lipinski definition) is 0. The van der Waals surface area contributed by atoms with E-state index in [0.717, 1.165) is 89.7 Å². The van der Waals surface area contributed by atoms with Gasteiger partial charge in [-0.15, -0.1) is 0 Å². The number of fused-ring (bicyclic) bond motifs is 12. The van der Waals surface area contributed by atoms with Crippen molar-refractivity contribution in [2.75, 3.05) is 0 Å². The van der Waals surface area contributed by atoms with Crippen LogP contribution in [0.3, 0.4) is 0 Å². The molecule has 5 aromatic carbocycles. The van der Waals surface area contributed by atoms with Crippen LogP contribution in [0.2, 0.25) is 0 Å². The van der Waals surface area contributed by atoms with Gasteiger partial charge in [-0.25, -0.2) is 19.9 Å². The van der Waals surface area contributed by atoms with Crippen LogP contribution < -0.4 is 0 Å². The average molecular weight is 755 g/mol. The van der Waals surface area contributed by atoms with Gasteiger partial charge in [0.1, 0.15) is 0 Å². The second-order valence-corrected chi connectivity index (χ2v) is 17.4. The minimum Gasteiger partial charge on any atom is -0.288 e. The fraction of sp³-hybridized carbons (Fsp3) is 0.160. The molecule has 0 aliphatic heterocycles. The van der Waals surface area contributed by atoms with Crippen molar-refractivity contribution in [3.05, 3.63) is 157 Å². The molecule has 0 atom stereocenters. The lowest BCUT2D eigenvalue weighted by atomic mass is 9.86. The molecule has 0 saturated carbocycles. The van der Waals surface area contributed by atoms with Gasteiger partial charge in [-0.1, -0.05) is 139 Å². The van der Waals surface area contributed by atoms with Crippen molar-refractivity contribution in [2.45, 2.75) is 52.4 Å². The molecule has 0 saturated heterocycles. The monoisotopic (exact) mass is 754 g/mol. The maximum atomic E-state index is 5.00. The van der Waals surface area contributed by atoms with Crippen molar-refractivity contribution in [2.24, 2.45) is 0 Å². The molecule has 0 unspecified atom stereocenters. The number of rotatable bonds is 4. The maximum absolute atomic E-state index is 5.00. The van der Waals surface area contributed by atoms with Gasteiger partial charge in [0, 0.05) is 22.3 Å². The molecule has 0 aliphatic carbocycles. The van der Waals surface area contributed by atoms with Crippen LogP contribution in [-0.2, 0) is 10.8 Å². The van der Waals surface area contributed by atoms with E-state index in [2.05, 4.69) is 180 Å². The van der Waals surface area contributed by atoms with Crippen LogP contribution in [0.1, 0.15) is 52.7 Å². The predicted molar refractivity (Wildman–Crippen MR) is 236 cm³/mol. The average Bonchev–Trinajstić information content (AvgIpc) is 4.05. The lowest BCUT2D eigenvalue weighted by Crippen LogP contribution is -2.10. The Bertz CT molecular complexity index is 3150. The van der Waals surface area contributed by atoms with Crippen molar-refractivity contribution in [1.82, 2.24) is 37.5 Å². The van der Waals surface area contributed by atoms with Gasteiger partial charge >= 0.3 is 0 Å². The molecule has 0 fully saturated rings. The SMILES string of the molecule is CC(C)(C)c1ccc(-c2cnc3c4ncc(-c5ccc(-c6cnc7c8ncc(-c9ccc(C(C)(C)C)cc9)n8c8ccccc8n67)cc5)n4c4ccccc4n23)cc1. The minimum absolute atomic E-state index is 0.0835. The summed E-state index contributed by atoms with van der Waals surface area (Å²) in [5.41, 5.74) is 18.8. The standard InChI is InChI=1S/C50H42N8/c1-49(2,3)35-23-19-33(20-24-35)43-29-53-47-45-51-27-41(55(45)37-11-7-9-13-39(37)57(43)47)31-15-17-32(18-16-31)42-28-52-46-48-54-30-44(34-21-25-36(26-22-34)50(4,5)6)58(48)40-14-10-8-12-38(40)56(42)46/h7-30H,1-6H3. The number of aromatic nitrogens is 8. The lowest BCUT2D eigenvalue weighted by molar-refractivity contribution is 0.590. The normalized spacial score (nSPS) is 12.7. The molecule has 0 bridgehead atoms. The molecule has 6 heterocycles. The molecule has 8 nitrogen and oxygen atoms in total. The summed E-state index contributed by atoms with van der Waals surface area (Å²) < 4.78 is 8.97. The lowest BCUT2D eigenvalue weighted by Gasteiger charge is -2.19. The van der Waals surface area contributed by atoms with Crippen LogP contribution >= 0.6 is 0 Å². The van der Waals surface area contributed by atoms with Crippen molar-refractivity contribution >= 4 is 44.7 Å². The Balaban J connectivity index is 1.02. The highest BCUT2D eigenvalue weighted by Gasteiger charge is 2.22. The summed E-state index contributed by atoms with van der Waals surface area (Å²) in [6.45, 7) is 13.5. The minimum atomic E-state index is 0.0835. The van der Waals surface area contributed by atoms with Gasteiger partial charge < -0.3 is 0 Å². The molecule has 0 aliphatic rings. The zero-order valence-electron chi connectivity index (χ0n) is 33.4. The second kappa shape index (κ2) is 12.2. The highest BCUT2D eigenvalue weighted by atomic mass is 15.1. The van der Waals surface area contributed by atoms with Gasteiger partial charge in [0.15, 0.2) is 22.6 Å². The third-order valence-corrected chi connectivity index (χ3v) is 11.7. The van der Waals surface area contributed by atoms with Gasteiger partial charge in [-0.3, -0.25) is 17.6 Å². The Morgan fingerprint density at radius 2 is 0.534 bits per heavy atom. The molecule has 0 radical (unpaired) electrons. The van der Waals surface area contributed by atoms with E-state index in [4.69, 9.17) is 19.9 Å². The van der Waals surface area contributed by atoms with Gasteiger partial charge in [-0.2, -0.15) is 0 Å². The summed E-state index contributed by atoms with van der Waals surface area (Å²) >= 11 is 0. The first kappa shape index (κ1) is 34.2. The third kappa shape index (κ3) is 5.07. The second-order valence-electron chi connectivity index (χ2n) is 17.4. The Hall–Kier alpha value is -7.06. The Morgan fingerprint density at radius 1 is 0.310 bits per heavy atom. The first-order chi connectivity index (χ1) is 28.0. The molecular formula is C50H42N8. The summed E-state index contributed by atoms with van der Waals surface area (Å²) in [4.78, 5) is 19.9. The Kier molecular flexibility index (Phi) is 7.21.